The Hall–Kier alpha value is -2.47. The lowest BCUT2D eigenvalue weighted by atomic mass is 10.1. The number of nitrogens with zero attached hydrogens (tertiary/aromatic N) is 3. The van der Waals surface area contributed by atoms with Crippen molar-refractivity contribution in [1.82, 2.24) is 9.55 Å². The fraction of sp³-hybridized carbons (Fsp3) is 0.316. The molecule has 2 heterocycles. The molecule has 0 saturated carbocycles. The van der Waals surface area contributed by atoms with E-state index in [1.807, 2.05) is 51.9 Å². The monoisotopic (exact) mass is 343 g/mol. The van der Waals surface area contributed by atoms with Gasteiger partial charge in [-0.3, -0.25) is 4.57 Å². The molecule has 4 nitrogen and oxygen atoms in total. The molecule has 6 heteroatoms. The molecule has 0 radical (unpaired) electrons. The third kappa shape index (κ3) is 3.09. The fourth-order valence-corrected chi connectivity index (χ4v) is 3.27. The smallest absolute Gasteiger partial charge is 0.251 e. The molecule has 0 amide bonds. The molecule has 4 rings (SSSR count). The van der Waals surface area contributed by atoms with Crippen molar-refractivity contribution in [2.45, 2.75) is 25.4 Å². The van der Waals surface area contributed by atoms with Crippen molar-refractivity contribution in [2.75, 3.05) is 18.0 Å². The molecular weight excluding hydrogens is 324 g/mol. The van der Waals surface area contributed by atoms with Gasteiger partial charge in [-0.25, -0.2) is 13.8 Å². The average molecular weight is 343 g/mol. The summed E-state index contributed by atoms with van der Waals surface area (Å²) in [6, 6.07) is 13.5. The molecule has 1 aliphatic rings. The van der Waals surface area contributed by atoms with Gasteiger partial charge >= 0.3 is 0 Å². The standard InChI is InChI=1S/C19H19F2N3O/c20-19(21)7-9-23(10-8-19)15-2-4-16(5-3-15)24-13-22-17-6-1-14(12-25)11-18(17)24/h1-6,11,13,25H,7-10,12H2. The summed E-state index contributed by atoms with van der Waals surface area (Å²) in [6.07, 6.45) is 1.57. The van der Waals surface area contributed by atoms with E-state index in [9.17, 15) is 13.9 Å². The van der Waals surface area contributed by atoms with Crippen LogP contribution in [0.25, 0.3) is 16.7 Å². The molecule has 1 aromatic heterocycles. The van der Waals surface area contributed by atoms with E-state index < -0.39 is 5.92 Å². The fourth-order valence-electron chi connectivity index (χ4n) is 3.27. The summed E-state index contributed by atoms with van der Waals surface area (Å²) >= 11 is 0. The number of piperidine rings is 1. The number of halogens is 2. The molecule has 130 valence electrons. The summed E-state index contributed by atoms with van der Waals surface area (Å²) < 4.78 is 28.6. The SMILES string of the molecule is OCc1ccc2ncn(-c3ccc(N4CCC(F)(F)CC4)cc3)c2c1. The van der Waals surface area contributed by atoms with Crippen LogP contribution in [0.3, 0.4) is 0 Å². The molecule has 1 fully saturated rings. The van der Waals surface area contributed by atoms with Crippen LogP contribution in [0, 0.1) is 0 Å². The van der Waals surface area contributed by atoms with E-state index in [4.69, 9.17) is 0 Å². The first-order valence-electron chi connectivity index (χ1n) is 8.36. The van der Waals surface area contributed by atoms with E-state index in [2.05, 4.69) is 4.98 Å². The van der Waals surface area contributed by atoms with Crippen LogP contribution in [-0.2, 0) is 6.61 Å². The van der Waals surface area contributed by atoms with Gasteiger partial charge in [-0.1, -0.05) is 6.07 Å². The minimum atomic E-state index is -2.53. The van der Waals surface area contributed by atoms with Crippen molar-refractivity contribution in [2.24, 2.45) is 0 Å². The van der Waals surface area contributed by atoms with Crippen LogP contribution in [0.4, 0.5) is 14.5 Å². The lowest BCUT2D eigenvalue weighted by Crippen LogP contribution is -2.39. The number of fused-ring (bicyclic) bond motifs is 1. The molecule has 2 aromatic carbocycles. The van der Waals surface area contributed by atoms with Gasteiger partial charge in [-0.05, 0) is 42.0 Å². The molecule has 0 spiro atoms. The molecule has 0 bridgehead atoms. The average Bonchev–Trinajstić information content (AvgIpc) is 3.05. The van der Waals surface area contributed by atoms with Gasteiger partial charge in [0.25, 0.3) is 5.92 Å². The van der Waals surface area contributed by atoms with Gasteiger partial charge in [0.05, 0.1) is 17.6 Å². The highest BCUT2D eigenvalue weighted by molar-refractivity contribution is 5.78. The topological polar surface area (TPSA) is 41.3 Å². The largest absolute Gasteiger partial charge is 0.392 e. The van der Waals surface area contributed by atoms with Crippen LogP contribution in [-0.4, -0.2) is 33.7 Å². The number of hydrogen-bond acceptors (Lipinski definition) is 3. The van der Waals surface area contributed by atoms with Crippen LogP contribution in [0.15, 0.2) is 48.8 Å². The Morgan fingerprint density at radius 2 is 1.68 bits per heavy atom. The second-order valence-corrected chi connectivity index (χ2v) is 6.46. The molecule has 0 aliphatic carbocycles. The Morgan fingerprint density at radius 1 is 1.00 bits per heavy atom. The van der Waals surface area contributed by atoms with Crippen molar-refractivity contribution in [3.05, 3.63) is 54.4 Å². The zero-order valence-electron chi connectivity index (χ0n) is 13.7. The Labute approximate surface area is 144 Å². The van der Waals surface area contributed by atoms with E-state index in [0.717, 1.165) is 28.0 Å². The number of rotatable bonds is 3. The van der Waals surface area contributed by atoms with Gasteiger partial charge in [-0.15, -0.1) is 0 Å². The number of aromatic nitrogens is 2. The Kier molecular flexibility index (Phi) is 3.92. The van der Waals surface area contributed by atoms with Crippen LogP contribution in [0.5, 0.6) is 0 Å². The Bertz CT molecular complexity index is 879. The summed E-state index contributed by atoms with van der Waals surface area (Å²) in [4.78, 5) is 6.38. The molecule has 1 saturated heterocycles. The van der Waals surface area contributed by atoms with Crippen LogP contribution >= 0.6 is 0 Å². The maximum Gasteiger partial charge on any atom is 0.251 e. The number of aliphatic hydroxyl groups excluding tert-OH is 1. The number of hydrogen-bond donors (Lipinski definition) is 1. The quantitative estimate of drug-likeness (QED) is 0.787. The van der Waals surface area contributed by atoms with Crippen molar-refractivity contribution in [3.8, 4) is 5.69 Å². The first-order valence-corrected chi connectivity index (χ1v) is 8.36. The predicted octanol–water partition coefficient (Wildman–Crippen LogP) is 3.75. The van der Waals surface area contributed by atoms with E-state index in [1.54, 1.807) is 6.33 Å². The first kappa shape index (κ1) is 16.0. The third-order valence-corrected chi connectivity index (χ3v) is 4.78. The van der Waals surface area contributed by atoms with Gasteiger partial charge in [0.2, 0.25) is 0 Å². The van der Waals surface area contributed by atoms with E-state index in [0.29, 0.717) is 13.1 Å². The van der Waals surface area contributed by atoms with E-state index in [1.165, 1.54) is 0 Å². The number of anilines is 1. The highest BCUT2D eigenvalue weighted by Gasteiger charge is 2.33. The molecular formula is C19H19F2N3O. The number of alkyl halides is 2. The number of imidazole rings is 1. The molecule has 1 aliphatic heterocycles. The summed E-state index contributed by atoms with van der Waals surface area (Å²) in [7, 11) is 0. The highest BCUT2D eigenvalue weighted by atomic mass is 19.3. The predicted molar refractivity (Wildman–Crippen MR) is 93.4 cm³/mol. The van der Waals surface area contributed by atoms with Gasteiger partial charge < -0.3 is 10.0 Å². The minimum absolute atomic E-state index is 0.0142. The summed E-state index contributed by atoms with van der Waals surface area (Å²) in [5.41, 5.74) is 4.53. The molecule has 1 N–H and O–H groups in total. The van der Waals surface area contributed by atoms with E-state index in [-0.39, 0.29) is 19.4 Å². The maximum atomic E-state index is 13.3. The summed E-state index contributed by atoms with van der Waals surface area (Å²) in [5.74, 6) is -2.53. The Balaban J connectivity index is 1.60. The van der Waals surface area contributed by atoms with Gasteiger partial charge in [-0.2, -0.15) is 0 Å². The van der Waals surface area contributed by atoms with Gasteiger partial charge in [0.1, 0.15) is 6.33 Å². The molecule has 0 unspecified atom stereocenters. The van der Waals surface area contributed by atoms with Crippen molar-refractivity contribution in [3.63, 3.8) is 0 Å². The molecule has 25 heavy (non-hydrogen) atoms. The molecule has 3 aromatic rings. The normalized spacial score (nSPS) is 17.2. The zero-order valence-corrected chi connectivity index (χ0v) is 13.7. The van der Waals surface area contributed by atoms with Crippen LogP contribution < -0.4 is 4.90 Å². The number of aliphatic hydroxyl groups is 1. The van der Waals surface area contributed by atoms with Crippen LogP contribution in [0.1, 0.15) is 18.4 Å². The van der Waals surface area contributed by atoms with Gasteiger partial charge in [0.15, 0.2) is 0 Å². The number of benzene rings is 2. The minimum Gasteiger partial charge on any atom is -0.392 e. The van der Waals surface area contributed by atoms with Crippen LogP contribution in [0.2, 0.25) is 0 Å². The van der Waals surface area contributed by atoms with Crippen molar-refractivity contribution in [1.29, 1.82) is 0 Å². The highest BCUT2D eigenvalue weighted by Crippen LogP contribution is 2.31. The second-order valence-electron chi connectivity index (χ2n) is 6.46. The second kappa shape index (κ2) is 6.11. The lowest BCUT2D eigenvalue weighted by molar-refractivity contribution is -0.0220. The summed E-state index contributed by atoms with van der Waals surface area (Å²) in [6.45, 7) is 0.736. The van der Waals surface area contributed by atoms with Crippen molar-refractivity contribution >= 4 is 16.7 Å². The third-order valence-electron chi connectivity index (χ3n) is 4.78. The van der Waals surface area contributed by atoms with Gasteiger partial charge in [0, 0.05) is 37.3 Å². The Morgan fingerprint density at radius 3 is 2.36 bits per heavy atom. The lowest BCUT2D eigenvalue weighted by Gasteiger charge is -2.33. The summed E-state index contributed by atoms with van der Waals surface area (Å²) in [5, 5.41) is 9.32. The molecule has 0 atom stereocenters. The maximum absolute atomic E-state index is 13.3. The first-order chi connectivity index (χ1) is 12.1. The zero-order chi connectivity index (χ0) is 17.4. The van der Waals surface area contributed by atoms with Crippen molar-refractivity contribution < 1.29 is 13.9 Å². The van der Waals surface area contributed by atoms with E-state index >= 15 is 0 Å².